The van der Waals surface area contributed by atoms with E-state index in [1.807, 2.05) is 0 Å². The minimum Gasteiger partial charge on any atom is -0.271 e. The predicted octanol–water partition coefficient (Wildman–Crippen LogP) is 4.79. The van der Waals surface area contributed by atoms with E-state index in [2.05, 4.69) is 12.3 Å². The molecule has 0 heterocycles. The molecule has 118 valence electrons. The Morgan fingerprint density at radius 3 is 2.35 bits per heavy atom. The minimum absolute atomic E-state index is 0.579. The zero-order valence-electron chi connectivity index (χ0n) is 13.6. The van der Waals surface area contributed by atoms with Gasteiger partial charge in [-0.2, -0.15) is 0 Å². The quantitative estimate of drug-likeness (QED) is 0.324. The summed E-state index contributed by atoms with van der Waals surface area (Å²) < 4.78 is 0. The van der Waals surface area contributed by atoms with Crippen molar-refractivity contribution in [3.8, 4) is 0 Å². The van der Waals surface area contributed by atoms with Crippen LogP contribution in [-0.2, 0) is 0 Å². The molecule has 0 aromatic carbocycles. The molecule has 2 saturated carbocycles. The van der Waals surface area contributed by atoms with Crippen molar-refractivity contribution in [3.05, 3.63) is 0 Å². The molecule has 2 aliphatic rings. The van der Waals surface area contributed by atoms with E-state index in [9.17, 15) is 0 Å². The molecule has 4 atom stereocenters. The Hall–Kier alpha value is -0.0800. The lowest BCUT2D eigenvalue weighted by molar-refractivity contribution is 0.269. The highest BCUT2D eigenvalue weighted by Gasteiger charge is 2.39. The van der Waals surface area contributed by atoms with Gasteiger partial charge in [0.1, 0.15) is 0 Å². The number of hydrogen-bond donors (Lipinski definition) is 2. The zero-order chi connectivity index (χ0) is 14.2. The van der Waals surface area contributed by atoms with Crippen LogP contribution in [-0.4, -0.2) is 6.04 Å². The number of nitrogens with two attached hydrogens (primary N) is 1. The Morgan fingerprint density at radius 2 is 1.75 bits per heavy atom. The Bertz CT molecular complexity index is 254. The standard InChI is InChI=1S/C18H36N2/c1-2-3-4-5-6-7-8-9-18(20-19)14-17-13-15-10-11-16(17)12-15/h15-18,20H,2-14,19H2,1H3. The van der Waals surface area contributed by atoms with E-state index in [0.29, 0.717) is 6.04 Å². The first-order valence-electron chi connectivity index (χ1n) is 9.29. The third-order valence-electron chi connectivity index (χ3n) is 5.86. The minimum atomic E-state index is 0.579. The average molecular weight is 280 g/mol. The lowest BCUT2D eigenvalue weighted by Crippen LogP contribution is -2.37. The normalized spacial score (nSPS) is 30.0. The molecule has 0 saturated heterocycles. The molecule has 2 bridgehead atoms. The molecule has 0 aromatic rings. The number of fused-ring (bicyclic) bond motifs is 2. The molecule has 0 spiro atoms. The third kappa shape index (κ3) is 5.04. The van der Waals surface area contributed by atoms with Crippen LogP contribution >= 0.6 is 0 Å². The SMILES string of the molecule is CCCCCCCCCC(CC1CC2CCC1C2)NN. The maximum Gasteiger partial charge on any atom is 0.0213 e. The van der Waals surface area contributed by atoms with Gasteiger partial charge in [-0.25, -0.2) is 0 Å². The molecule has 2 fully saturated rings. The van der Waals surface area contributed by atoms with E-state index < -0.39 is 0 Å². The second-order valence-corrected chi connectivity index (χ2v) is 7.44. The summed E-state index contributed by atoms with van der Waals surface area (Å²) in [6.45, 7) is 2.28. The molecule has 3 N–H and O–H groups in total. The van der Waals surface area contributed by atoms with Crippen molar-refractivity contribution in [2.45, 2.75) is 96.4 Å². The van der Waals surface area contributed by atoms with Gasteiger partial charge in [-0.15, -0.1) is 0 Å². The van der Waals surface area contributed by atoms with E-state index in [-0.39, 0.29) is 0 Å². The topological polar surface area (TPSA) is 38.0 Å². The van der Waals surface area contributed by atoms with E-state index in [1.165, 1.54) is 83.5 Å². The van der Waals surface area contributed by atoms with Crippen molar-refractivity contribution in [1.82, 2.24) is 5.43 Å². The lowest BCUT2D eigenvalue weighted by Gasteiger charge is -2.26. The number of nitrogens with one attached hydrogen (secondary N) is 1. The highest BCUT2D eigenvalue weighted by Crippen LogP contribution is 2.50. The summed E-state index contributed by atoms with van der Waals surface area (Å²) in [5, 5.41) is 0. The largest absolute Gasteiger partial charge is 0.271 e. The van der Waals surface area contributed by atoms with Crippen molar-refractivity contribution in [1.29, 1.82) is 0 Å². The lowest BCUT2D eigenvalue weighted by atomic mass is 9.83. The van der Waals surface area contributed by atoms with Crippen molar-refractivity contribution in [2.75, 3.05) is 0 Å². The van der Waals surface area contributed by atoms with Crippen molar-refractivity contribution < 1.29 is 0 Å². The second-order valence-electron chi connectivity index (χ2n) is 7.44. The summed E-state index contributed by atoms with van der Waals surface area (Å²) in [6, 6.07) is 0.579. The first-order valence-corrected chi connectivity index (χ1v) is 9.29. The van der Waals surface area contributed by atoms with Crippen LogP contribution in [0.5, 0.6) is 0 Å². The maximum atomic E-state index is 5.78. The first kappa shape index (κ1) is 16.3. The molecule has 0 radical (unpaired) electrons. The Kier molecular flexibility index (Phi) is 7.37. The fourth-order valence-electron chi connectivity index (χ4n) is 4.65. The van der Waals surface area contributed by atoms with Crippen molar-refractivity contribution >= 4 is 0 Å². The van der Waals surface area contributed by atoms with Crippen LogP contribution in [0, 0.1) is 17.8 Å². The highest BCUT2D eigenvalue weighted by molar-refractivity contribution is 4.91. The fourth-order valence-corrected chi connectivity index (χ4v) is 4.65. The van der Waals surface area contributed by atoms with Gasteiger partial charge in [0, 0.05) is 6.04 Å². The van der Waals surface area contributed by atoms with E-state index >= 15 is 0 Å². The Morgan fingerprint density at radius 1 is 1.00 bits per heavy atom. The van der Waals surface area contributed by atoms with E-state index in [0.717, 1.165) is 17.8 Å². The van der Waals surface area contributed by atoms with Gasteiger partial charge in [0.2, 0.25) is 0 Å². The van der Waals surface area contributed by atoms with Crippen LogP contribution in [0.25, 0.3) is 0 Å². The number of rotatable bonds is 11. The Labute approximate surface area is 126 Å². The van der Waals surface area contributed by atoms with Gasteiger partial charge >= 0.3 is 0 Å². The molecule has 2 aliphatic carbocycles. The van der Waals surface area contributed by atoms with Gasteiger partial charge in [-0.05, 0) is 49.9 Å². The molecule has 4 unspecified atom stereocenters. The second kappa shape index (κ2) is 9.04. The van der Waals surface area contributed by atoms with Crippen molar-refractivity contribution in [3.63, 3.8) is 0 Å². The summed E-state index contributed by atoms with van der Waals surface area (Å²) in [7, 11) is 0. The summed E-state index contributed by atoms with van der Waals surface area (Å²) in [4.78, 5) is 0. The van der Waals surface area contributed by atoms with Gasteiger partial charge in [0.15, 0.2) is 0 Å². The fraction of sp³-hybridized carbons (Fsp3) is 1.00. The summed E-state index contributed by atoms with van der Waals surface area (Å²) in [6.07, 6.45) is 18.5. The molecule has 0 aliphatic heterocycles. The van der Waals surface area contributed by atoms with Gasteiger partial charge in [-0.1, -0.05) is 58.3 Å². The van der Waals surface area contributed by atoms with Crippen LogP contribution in [0.15, 0.2) is 0 Å². The first-order chi connectivity index (χ1) is 9.83. The van der Waals surface area contributed by atoms with E-state index in [1.54, 1.807) is 0 Å². The molecule has 0 aromatic heterocycles. The van der Waals surface area contributed by atoms with Gasteiger partial charge in [0.05, 0.1) is 0 Å². The smallest absolute Gasteiger partial charge is 0.0213 e. The zero-order valence-corrected chi connectivity index (χ0v) is 13.6. The van der Waals surface area contributed by atoms with Crippen LogP contribution in [0.3, 0.4) is 0 Å². The molecular formula is C18H36N2. The Balaban J connectivity index is 1.52. The third-order valence-corrected chi connectivity index (χ3v) is 5.86. The number of hydrogen-bond acceptors (Lipinski definition) is 2. The van der Waals surface area contributed by atoms with Gasteiger partial charge in [0.25, 0.3) is 0 Å². The molecular weight excluding hydrogens is 244 g/mol. The number of hydrazine groups is 1. The molecule has 2 nitrogen and oxygen atoms in total. The van der Waals surface area contributed by atoms with E-state index in [4.69, 9.17) is 5.84 Å². The van der Waals surface area contributed by atoms with Crippen LogP contribution in [0.2, 0.25) is 0 Å². The molecule has 2 rings (SSSR count). The van der Waals surface area contributed by atoms with Crippen LogP contribution in [0.4, 0.5) is 0 Å². The predicted molar refractivity (Wildman–Crippen MR) is 87.3 cm³/mol. The summed E-state index contributed by atoms with van der Waals surface area (Å²) >= 11 is 0. The van der Waals surface area contributed by atoms with Gasteiger partial charge < -0.3 is 0 Å². The van der Waals surface area contributed by atoms with Crippen molar-refractivity contribution in [2.24, 2.45) is 23.6 Å². The maximum absolute atomic E-state index is 5.78. The molecule has 2 heteroatoms. The summed E-state index contributed by atoms with van der Waals surface area (Å²) in [5.74, 6) is 8.88. The summed E-state index contributed by atoms with van der Waals surface area (Å²) in [5.41, 5.74) is 3.10. The molecule has 20 heavy (non-hydrogen) atoms. The monoisotopic (exact) mass is 280 g/mol. The van der Waals surface area contributed by atoms with Crippen LogP contribution < -0.4 is 11.3 Å². The van der Waals surface area contributed by atoms with Gasteiger partial charge in [-0.3, -0.25) is 11.3 Å². The van der Waals surface area contributed by atoms with Crippen LogP contribution in [0.1, 0.15) is 90.4 Å². The highest BCUT2D eigenvalue weighted by atomic mass is 15.2. The average Bonchev–Trinajstić information content (AvgIpc) is 3.07. The number of unbranched alkanes of at least 4 members (excludes halogenated alkanes) is 6. The molecule has 0 amide bonds.